The van der Waals surface area contributed by atoms with Gasteiger partial charge in [-0.2, -0.15) is 0 Å². The molecule has 3 atom stereocenters. The molecule has 0 radical (unpaired) electrons. The molecule has 0 aliphatic carbocycles. The average Bonchev–Trinajstić information content (AvgIpc) is 2.35. The number of rotatable bonds is 6. The number of carbonyl (C=O) groups excluding carboxylic acids is 2. The molecule has 0 aromatic heterocycles. The third-order valence-corrected chi connectivity index (χ3v) is 3.47. The molecular weight excluding hydrogens is 232 g/mol. The van der Waals surface area contributed by atoms with Gasteiger partial charge < -0.3 is 15.0 Å². The normalized spacial score (nSPS) is 26.1. The first-order chi connectivity index (χ1) is 8.56. The molecule has 5 nitrogen and oxygen atoms in total. The smallest absolute Gasteiger partial charge is 0.246 e. The van der Waals surface area contributed by atoms with Crippen LogP contribution in [0.2, 0.25) is 0 Å². The number of carbonyl (C=O) groups is 2. The number of piperazine rings is 1. The van der Waals surface area contributed by atoms with Crippen LogP contribution in [-0.2, 0) is 14.3 Å². The van der Waals surface area contributed by atoms with Crippen LogP contribution in [0.4, 0.5) is 0 Å². The number of nitrogens with zero attached hydrogens (tertiary/aromatic N) is 1. The number of hydrogen-bond acceptors (Lipinski definition) is 3. The van der Waals surface area contributed by atoms with E-state index >= 15 is 0 Å². The van der Waals surface area contributed by atoms with E-state index in [0.717, 1.165) is 12.8 Å². The van der Waals surface area contributed by atoms with E-state index in [9.17, 15) is 9.59 Å². The highest BCUT2D eigenvalue weighted by atomic mass is 16.5. The van der Waals surface area contributed by atoms with Crippen LogP contribution in [0.3, 0.4) is 0 Å². The molecule has 2 amide bonds. The van der Waals surface area contributed by atoms with Crippen molar-refractivity contribution < 1.29 is 14.3 Å². The fraction of sp³-hybridized carbons (Fsp3) is 0.846. The molecule has 0 aromatic rings. The maximum atomic E-state index is 12.4. The summed E-state index contributed by atoms with van der Waals surface area (Å²) >= 11 is 0. The summed E-state index contributed by atoms with van der Waals surface area (Å²) in [7, 11) is 1.62. The summed E-state index contributed by atoms with van der Waals surface area (Å²) in [5.41, 5.74) is 0. The van der Waals surface area contributed by atoms with Crippen molar-refractivity contribution >= 4 is 11.8 Å². The van der Waals surface area contributed by atoms with E-state index in [-0.39, 0.29) is 23.9 Å². The summed E-state index contributed by atoms with van der Waals surface area (Å²) in [6.45, 7) is 6.26. The minimum Gasteiger partial charge on any atom is -0.383 e. The fourth-order valence-electron chi connectivity index (χ4n) is 2.42. The maximum absolute atomic E-state index is 12.4. The highest BCUT2D eigenvalue weighted by Crippen LogP contribution is 2.18. The summed E-state index contributed by atoms with van der Waals surface area (Å²) in [5.74, 6) is -0.0459. The first kappa shape index (κ1) is 15.0. The van der Waals surface area contributed by atoms with Crippen LogP contribution in [0.5, 0.6) is 0 Å². The summed E-state index contributed by atoms with van der Waals surface area (Å²) in [4.78, 5) is 26.0. The Balaban J connectivity index is 2.89. The van der Waals surface area contributed by atoms with Crippen LogP contribution in [0, 0.1) is 0 Å². The first-order valence-corrected chi connectivity index (χ1v) is 6.68. The van der Waals surface area contributed by atoms with Gasteiger partial charge in [0.05, 0.1) is 12.6 Å². The molecule has 0 bridgehead atoms. The molecule has 5 heteroatoms. The van der Waals surface area contributed by atoms with Gasteiger partial charge in [0.25, 0.3) is 0 Å². The molecule has 0 aromatic carbocycles. The molecule has 1 aliphatic heterocycles. The lowest BCUT2D eigenvalue weighted by molar-refractivity contribution is -0.153. The molecule has 104 valence electrons. The van der Waals surface area contributed by atoms with Crippen molar-refractivity contribution in [3.8, 4) is 0 Å². The van der Waals surface area contributed by atoms with E-state index in [2.05, 4.69) is 5.32 Å². The van der Waals surface area contributed by atoms with Gasteiger partial charge in [0.1, 0.15) is 12.1 Å². The van der Waals surface area contributed by atoms with Crippen LogP contribution in [-0.4, -0.2) is 48.6 Å². The Kier molecular flexibility index (Phi) is 5.59. The van der Waals surface area contributed by atoms with Crippen molar-refractivity contribution in [1.29, 1.82) is 0 Å². The van der Waals surface area contributed by atoms with E-state index < -0.39 is 6.04 Å². The second-order valence-corrected chi connectivity index (χ2v) is 4.79. The van der Waals surface area contributed by atoms with Crippen molar-refractivity contribution in [3.63, 3.8) is 0 Å². The molecule has 0 spiro atoms. The van der Waals surface area contributed by atoms with Gasteiger partial charge in [0, 0.05) is 7.11 Å². The van der Waals surface area contributed by atoms with Gasteiger partial charge in [-0.1, -0.05) is 20.3 Å². The second kappa shape index (κ2) is 6.73. The monoisotopic (exact) mass is 256 g/mol. The zero-order chi connectivity index (χ0) is 13.7. The van der Waals surface area contributed by atoms with Gasteiger partial charge in [-0.15, -0.1) is 0 Å². The lowest BCUT2D eigenvalue weighted by Crippen LogP contribution is -2.65. The summed E-state index contributed by atoms with van der Waals surface area (Å²) in [5, 5.41) is 2.80. The molecule has 1 rings (SSSR count). The van der Waals surface area contributed by atoms with E-state index in [0.29, 0.717) is 13.0 Å². The Labute approximate surface area is 109 Å². The topological polar surface area (TPSA) is 58.6 Å². The molecule has 1 saturated heterocycles. The predicted molar refractivity (Wildman–Crippen MR) is 69.1 cm³/mol. The summed E-state index contributed by atoms with van der Waals surface area (Å²) < 4.78 is 5.15. The third kappa shape index (κ3) is 3.02. The largest absolute Gasteiger partial charge is 0.383 e. The molecular formula is C13H24N2O3. The molecule has 1 aliphatic rings. The number of methoxy groups -OCH3 is 1. The Bertz CT molecular complexity index is 307. The zero-order valence-corrected chi connectivity index (χ0v) is 11.7. The lowest BCUT2D eigenvalue weighted by Gasteiger charge is -2.41. The van der Waals surface area contributed by atoms with Gasteiger partial charge in [-0.05, 0) is 19.8 Å². The Morgan fingerprint density at radius 3 is 2.56 bits per heavy atom. The van der Waals surface area contributed by atoms with Crippen molar-refractivity contribution in [3.05, 3.63) is 0 Å². The minimum absolute atomic E-state index is 0.0212. The van der Waals surface area contributed by atoms with E-state index in [1.165, 1.54) is 0 Å². The van der Waals surface area contributed by atoms with Gasteiger partial charge in [-0.3, -0.25) is 9.59 Å². The van der Waals surface area contributed by atoms with Crippen molar-refractivity contribution in [1.82, 2.24) is 10.2 Å². The standard InChI is InChI=1S/C13H24N2O3/c1-5-7-11-13(17)15(9(3)12(16)14-11)10(6-2)8-18-4/h9-11H,5-8H2,1-4H3,(H,14,16). The first-order valence-electron chi connectivity index (χ1n) is 6.68. The highest BCUT2D eigenvalue weighted by molar-refractivity contribution is 5.96. The fourth-order valence-corrected chi connectivity index (χ4v) is 2.42. The van der Waals surface area contributed by atoms with Crippen LogP contribution in [0.1, 0.15) is 40.0 Å². The van der Waals surface area contributed by atoms with Crippen LogP contribution >= 0.6 is 0 Å². The maximum Gasteiger partial charge on any atom is 0.246 e. The molecule has 18 heavy (non-hydrogen) atoms. The van der Waals surface area contributed by atoms with Crippen molar-refractivity contribution in [2.45, 2.75) is 58.2 Å². The average molecular weight is 256 g/mol. The van der Waals surface area contributed by atoms with Crippen LogP contribution < -0.4 is 5.32 Å². The van der Waals surface area contributed by atoms with Gasteiger partial charge in [0.2, 0.25) is 11.8 Å². The summed E-state index contributed by atoms with van der Waals surface area (Å²) in [6.07, 6.45) is 2.35. The Morgan fingerprint density at radius 1 is 1.39 bits per heavy atom. The summed E-state index contributed by atoms with van der Waals surface area (Å²) in [6, 6.07) is -0.807. The SMILES string of the molecule is CCCC1NC(=O)C(C)N(C(CC)COC)C1=O. The van der Waals surface area contributed by atoms with Gasteiger partial charge >= 0.3 is 0 Å². The quantitative estimate of drug-likeness (QED) is 0.769. The molecule has 1 heterocycles. The zero-order valence-electron chi connectivity index (χ0n) is 11.7. The van der Waals surface area contributed by atoms with Gasteiger partial charge in [-0.25, -0.2) is 0 Å². The number of nitrogens with one attached hydrogen (secondary N) is 1. The third-order valence-electron chi connectivity index (χ3n) is 3.47. The van der Waals surface area contributed by atoms with Crippen molar-refractivity contribution in [2.24, 2.45) is 0 Å². The van der Waals surface area contributed by atoms with E-state index in [1.807, 2.05) is 13.8 Å². The van der Waals surface area contributed by atoms with Crippen LogP contribution in [0.25, 0.3) is 0 Å². The van der Waals surface area contributed by atoms with Crippen molar-refractivity contribution in [2.75, 3.05) is 13.7 Å². The number of amides is 2. The van der Waals surface area contributed by atoms with Gasteiger partial charge in [0.15, 0.2) is 0 Å². The lowest BCUT2D eigenvalue weighted by atomic mass is 10.0. The Hall–Kier alpha value is -1.10. The highest BCUT2D eigenvalue weighted by Gasteiger charge is 2.40. The molecule has 1 N–H and O–H groups in total. The Morgan fingerprint density at radius 2 is 2.06 bits per heavy atom. The number of ether oxygens (including phenoxy) is 1. The van der Waals surface area contributed by atoms with E-state index in [1.54, 1.807) is 18.9 Å². The molecule has 3 unspecified atom stereocenters. The number of hydrogen-bond donors (Lipinski definition) is 1. The van der Waals surface area contributed by atoms with E-state index in [4.69, 9.17) is 4.74 Å². The molecule has 1 fully saturated rings. The second-order valence-electron chi connectivity index (χ2n) is 4.79. The molecule has 0 saturated carbocycles. The predicted octanol–water partition coefficient (Wildman–Crippen LogP) is 0.927. The minimum atomic E-state index is -0.411. The van der Waals surface area contributed by atoms with Crippen LogP contribution in [0.15, 0.2) is 0 Å².